The normalized spacial score (nSPS) is 12.1. The van der Waals surface area contributed by atoms with Crippen LogP contribution < -0.4 is 4.72 Å². The van der Waals surface area contributed by atoms with E-state index in [-0.39, 0.29) is 17.0 Å². The van der Waals surface area contributed by atoms with E-state index < -0.39 is 24.9 Å². The molecule has 0 unspecified atom stereocenters. The van der Waals surface area contributed by atoms with Crippen molar-refractivity contribution in [1.82, 2.24) is 0 Å². The van der Waals surface area contributed by atoms with E-state index in [2.05, 4.69) is 4.72 Å². The molecule has 0 bridgehead atoms. The molecule has 100 valence electrons. The van der Waals surface area contributed by atoms with Gasteiger partial charge in [0.05, 0.1) is 5.69 Å². The second-order valence-corrected chi connectivity index (χ2v) is 8.09. The summed E-state index contributed by atoms with van der Waals surface area (Å²) in [5.74, 6) is -0.312. The Balaban J connectivity index is 3.09. The smallest absolute Gasteiger partial charge is 0.247 e. The van der Waals surface area contributed by atoms with Gasteiger partial charge in [-0.2, -0.15) is 0 Å². The zero-order chi connectivity index (χ0) is 14.0. The first-order chi connectivity index (χ1) is 8.11. The van der Waals surface area contributed by atoms with E-state index in [1.165, 1.54) is 19.1 Å². The highest BCUT2D eigenvalue weighted by molar-refractivity contribution is 8.08. The minimum atomic E-state index is -4.04. The Labute approximate surface area is 106 Å². The average Bonchev–Trinajstić information content (AvgIpc) is 2.13. The Kier molecular flexibility index (Phi) is 4.12. The fourth-order valence-corrected chi connectivity index (χ4v) is 4.36. The number of benzene rings is 1. The van der Waals surface area contributed by atoms with Gasteiger partial charge in [-0.15, -0.1) is 0 Å². The number of sulfone groups is 1. The van der Waals surface area contributed by atoms with E-state index in [9.17, 15) is 21.6 Å². The summed E-state index contributed by atoms with van der Waals surface area (Å²) in [6, 6.07) is 5.99. The van der Waals surface area contributed by atoms with E-state index >= 15 is 0 Å². The van der Waals surface area contributed by atoms with Crippen LogP contribution in [0.3, 0.4) is 0 Å². The number of para-hydroxylation sites is 1. The van der Waals surface area contributed by atoms with Crippen LogP contribution in [0, 0.1) is 0 Å². The quantitative estimate of drug-likeness (QED) is 0.803. The van der Waals surface area contributed by atoms with Crippen LogP contribution in [0.25, 0.3) is 0 Å². The van der Waals surface area contributed by atoms with Gasteiger partial charge >= 0.3 is 0 Å². The molecule has 0 aliphatic rings. The van der Waals surface area contributed by atoms with Gasteiger partial charge in [0.15, 0.2) is 20.7 Å². The second kappa shape index (κ2) is 5.07. The topological polar surface area (TPSA) is 97.4 Å². The van der Waals surface area contributed by atoms with Crippen LogP contribution in [-0.2, 0) is 19.9 Å². The van der Waals surface area contributed by atoms with Crippen LogP contribution in [0.4, 0.5) is 5.69 Å². The van der Waals surface area contributed by atoms with Gasteiger partial charge in [0, 0.05) is 11.8 Å². The van der Waals surface area contributed by atoms with Crippen molar-refractivity contribution in [2.75, 3.05) is 16.1 Å². The van der Waals surface area contributed by atoms with E-state index in [1.54, 1.807) is 12.1 Å². The number of rotatable bonds is 5. The van der Waals surface area contributed by atoms with Crippen LogP contribution in [0.2, 0.25) is 0 Å². The molecule has 18 heavy (non-hydrogen) atoms. The van der Waals surface area contributed by atoms with Gasteiger partial charge in [0.2, 0.25) is 10.0 Å². The van der Waals surface area contributed by atoms with E-state index in [0.717, 1.165) is 6.26 Å². The fraction of sp³-hybridized carbons (Fsp3) is 0.300. The zero-order valence-corrected chi connectivity index (χ0v) is 11.5. The highest BCUT2D eigenvalue weighted by atomic mass is 32.3. The molecular weight excluding hydrogens is 278 g/mol. The SMILES string of the molecule is CC(=O)c1ccccc1NS(=O)(=O)CS(C)(=O)=O. The maximum atomic E-state index is 11.6. The molecule has 6 nitrogen and oxygen atoms in total. The predicted octanol–water partition coefficient (Wildman–Crippen LogP) is 0.633. The van der Waals surface area contributed by atoms with Crippen molar-refractivity contribution in [3.63, 3.8) is 0 Å². The number of nitrogens with one attached hydrogen (secondary N) is 1. The zero-order valence-electron chi connectivity index (χ0n) is 9.87. The number of hydrogen-bond donors (Lipinski definition) is 1. The van der Waals surface area contributed by atoms with Crippen LogP contribution in [0.1, 0.15) is 17.3 Å². The number of ketones is 1. The lowest BCUT2D eigenvalue weighted by molar-refractivity contribution is 0.101. The number of sulfonamides is 1. The molecule has 0 aliphatic carbocycles. The van der Waals surface area contributed by atoms with Crippen molar-refractivity contribution in [3.8, 4) is 0 Å². The van der Waals surface area contributed by atoms with Crippen LogP contribution in [-0.4, -0.2) is 34.0 Å². The van der Waals surface area contributed by atoms with Gasteiger partial charge in [-0.3, -0.25) is 9.52 Å². The lowest BCUT2D eigenvalue weighted by atomic mass is 10.1. The Hall–Kier alpha value is -1.41. The van der Waals surface area contributed by atoms with Crippen molar-refractivity contribution < 1.29 is 21.6 Å². The van der Waals surface area contributed by atoms with Crippen molar-refractivity contribution in [2.45, 2.75) is 6.92 Å². The summed E-state index contributed by atoms with van der Waals surface area (Å²) in [7, 11) is -7.71. The number of Topliss-reactive ketones (excluding diaryl/α,β-unsaturated/α-hetero) is 1. The molecule has 0 radical (unpaired) electrons. The Morgan fingerprint density at radius 1 is 1.17 bits per heavy atom. The molecule has 0 aromatic heterocycles. The van der Waals surface area contributed by atoms with Gasteiger partial charge < -0.3 is 0 Å². The molecule has 0 saturated heterocycles. The van der Waals surface area contributed by atoms with Gasteiger partial charge in [0.1, 0.15) is 0 Å². The minimum Gasteiger partial charge on any atom is -0.294 e. The van der Waals surface area contributed by atoms with Crippen molar-refractivity contribution >= 4 is 31.3 Å². The maximum Gasteiger partial charge on any atom is 0.247 e. The molecule has 0 spiro atoms. The largest absolute Gasteiger partial charge is 0.294 e. The lowest BCUT2D eigenvalue weighted by Gasteiger charge is -2.10. The van der Waals surface area contributed by atoms with Crippen molar-refractivity contribution in [3.05, 3.63) is 29.8 Å². The highest BCUT2D eigenvalue weighted by Crippen LogP contribution is 2.17. The number of hydrogen-bond acceptors (Lipinski definition) is 5. The first kappa shape index (κ1) is 14.7. The van der Waals surface area contributed by atoms with Crippen molar-refractivity contribution in [2.24, 2.45) is 0 Å². The molecule has 0 fully saturated rings. The Bertz CT molecular complexity index is 661. The Morgan fingerprint density at radius 3 is 2.22 bits per heavy atom. The number of carbonyl (C=O) groups excluding carboxylic acids is 1. The first-order valence-electron chi connectivity index (χ1n) is 4.89. The lowest BCUT2D eigenvalue weighted by Crippen LogP contribution is -2.23. The summed E-state index contributed by atoms with van der Waals surface area (Å²) in [5, 5.41) is -1.02. The molecule has 8 heteroatoms. The third kappa shape index (κ3) is 4.46. The molecule has 0 heterocycles. The molecule has 1 N–H and O–H groups in total. The molecule has 1 aromatic carbocycles. The first-order valence-corrected chi connectivity index (χ1v) is 8.60. The number of carbonyl (C=O) groups is 1. The summed E-state index contributed by atoms with van der Waals surface area (Å²) in [6.45, 7) is 1.30. The second-order valence-electron chi connectivity index (χ2n) is 3.86. The van der Waals surface area contributed by atoms with E-state index in [1.807, 2.05) is 0 Å². The number of anilines is 1. The maximum absolute atomic E-state index is 11.6. The van der Waals surface area contributed by atoms with Crippen LogP contribution in [0.5, 0.6) is 0 Å². The summed E-state index contributed by atoms with van der Waals surface area (Å²) in [4.78, 5) is 11.3. The molecule has 1 aromatic rings. The third-order valence-corrected chi connectivity index (χ3v) is 5.43. The molecule has 1 rings (SSSR count). The molecular formula is C10H13NO5S2. The minimum absolute atomic E-state index is 0.0775. The van der Waals surface area contributed by atoms with Gasteiger partial charge in [-0.1, -0.05) is 12.1 Å². The van der Waals surface area contributed by atoms with Crippen LogP contribution >= 0.6 is 0 Å². The van der Waals surface area contributed by atoms with Gasteiger partial charge in [0.25, 0.3) is 0 Å². The summed E-state index contributed by atoms with van der Waals surface area (Å²) < 4.78 is 47.2. The Morgan fingerprint density at radius 2 is 1.72 bits per heavy atom. The average molecular weight is 291 g/mol. The van der Waals surface area contributed by atoms with Crippen LogP contribution in [0.15, 0.2) is 24.3 Å². The molecule has 0 aliphatic heterocycles. The molecule has 0 amide bonds. The fourth-order valence-electron chi connectivity index (χ4n) is 1.36. The van der Waals surface area contributed by atoms with E-state index in [4.69, 9.17) is 0 Å². The predicted molar refractivity (Wildman–Crippen MR) is 68.7 cm³/mol. The highest BCUT2D eigenvalue weighted by Gasteiger charge is 2.19. The van der Waals surface area contributed by atoms with Gasteiger partial charge in [-0.05, 0) is 19.1 Å². The summed E-state index contributed by atoms with van der Waals surface area (Å²) >= 11 is 0. The standard InChI is InChI=1S/C10H13NO5S2/c1-8(12)9-5-3-4-6-10(9)11-18(15,16)7-17(2,13)14/h3-6,11H,7H2,1-2H3. The summed E-state index contributed by atoms with van der Waals surface area (Å²) in [5.41, 5.74) is 0.267. The van der Waals surface area contributed by atoms with Crippen molar-refractivity contribution in [1.29, 1.82) is 0 Å². The summed E-state index contributed by atoms with van der Waals surface area (Å²) in [6.07, 6.45) is 0.823. The van der Waals surface area contributed by atoms with E-state index in [0.29, 0.717) is 0 Å². The molecule has 0 atom stereocenters. The third-order valence-electron chi connectivity index (χ3n) is 1.94. The molecule has 0 saturated carbocycles. The van der Waals surface area contributed by atoms with Gasteiger partial charge in [-0.25, -0.2) is 16.8 Å². The monoisotopic (exact) mass is 291 g/mol.